The molecule has 0 aliphatic rings. The van der Waals surface area contributed by atoms with Crippen LogP contribution in [0.5, 0.6) is 5.75 Å². The highest BCUT2D eigenvalue weighted by Crippen LogP contribution is 2.13. The molecule has 0 aliphatic carbocycles. The largest absolute Gasteiger partial charge is 0.497 e. The molecule has 0 heterocycles. The molecule has 0 atom stereocenters. The summed E-state index contributed by atoms with van der Waals surface area (Å²) in [6.45, 7) is 1.16. The number of benzene rings is 1. The van der Waals surface area contributed by atoms with Crippen LogP contribution in [0.1, 0.15) is 18.4 Å². The molecule has 1 aromatic carbocycles. The van der Waals surface area contributed by atoms with Gasteiger partial charge in [-0.2, -0.15) is 0 Å². The summed E-state index contributed by atoms with van der Waals surface area (Å²) in [5.74, 6) is 0.899. The van der Waals surface area contributed by atoms with E-state index in [0.717, 1.165) is 18.6 Å². The highest BCUT2D eigenvalue weighted by molar-refractivity contribution is 5.75. The maximum absolute atomic E-state index is 10.9. The van der Waals surface area contributed by atoms with Crippen molar-refractivity contribution in [2.75, 3.05) is 27.4 Å². The van der Waals surface area contributed by atoms with E-state index >= 15 is 0 Å². The Kier molecular flexibility index (Phi) is 6.87. The lowest BCUT2D eigenvalue weighted by atomic mass is 10.1. The molecule has 0 saturated carbocycles. The third-order valence-electron chi connectivity index (χ3n) is 2.64. The fourth-order valence-corrected chi connectivity index (χ4v) is 1.60. The van der Waals surface area contributed by atoms with Gasteiger partial charge in [0.25, 0.3) is 0 Å². The van der Waals surface area contributed by atoms with E-state index in [0.29, 0.717) is 19.6 Å². The van der Waals surface area contributed by atoms with Crippen molar-refractivity contribution in [1.29, 1.82) is 0 Å². The number of aryl methyl sites for hydroxylation is 1. The van der Waals surface area contributed by atoms with Crippen molar-refractivity contribution in [1.82, 2.24) is 5.32 Å². The molecule has 0 fully saturated rings. The van der Waals surface area contributed by atoms with Gasteiger partial charge in [0.2, 0.25) is 5.91 Å². The van der Waals surface area contributed by atoms with Gasteiger partial charge in [0.1, 0.15) is 5.75 Å². The van der Waals surface area contributed by atoms with Crippen molar-refractivity contribution in [2.24, 2.45) is 0 Å². The van der Waals surface area contributed by atoms with Crippen molar-refractivity contribution < 1.29 is 14.3 Å². The van der Waals surface area contributed by atoms with Gasteiger partial charge in [-0.25, -0.2) is 0 Å². The van der Waals surface area contributed by atoms with Crippen LogP contribution in [0.2, 0.25) is 0 Å². The number of carbonyl (C=O) groups excluding carboxylic acids is 1. The van der Waals surface area contributed by atoms with Crippen LogP contribution in [0.15, 0.2) is 24.3 Å². The van der Waals surface area contributed by atoms with Gasteiger partial charge < -0.3 is 14.8 Å². The molecule has 0 spiro atoms. The molecule has 18 heavy (non-hydrogen) atoms. The first-order valence-electron chi connectivity index (χ1n) is 6.17. The van der Waals surface area contributed by atoms with Crippen LogP contribution in [0.3, 0.4) is 0 Å². The quantitative estimate of drug-likeness (QED) is 0.716. The molecule has 0 bridgehead atoms. The van der Waals surface area contributed by atoms with E-state index in [9.17, 15) is 4.79 Å². The predicted molar refractivity (Wildman–Crippen MR) is 70.8 cm³/mol. The van der Waals surface area contributed by atoms with Crippen LogP contribution in [0, 0.1) is 0 Å². The highest BCUT2D eigenvalue weighted by Gasteiger charge is 1.98. The van der Waals surface area contributed by atoms with Gasteiger partial charge in [0, 0.05) is 20.1 Å². The normalized spacial score (nSPS) is 10.1. The summed E-state index contributed by atoms with van der Waals surface area (Å²) in [5, 5.41) is 2.56. The molecule has 1 aromatic rings. The Hall–Kier alpha value is -1.55. The molecule has 0 radical (unpaired) electrons. The van der Waals surface area contributed by atoms with Crippen molar-refractivity contribution in [3.05, 3.63) is 29.8 Å². The molecular formula is C14H21NO3. The smallest absolute Gasteiger partial charge is 0.222 e. The average molecular weight is 251 g/mol. The summed E-state index contributed by atoms with van der Waals surface area (Å²) in [6, 6.07) is 8.03. The van der Waals surface area contributed by atoms with Crippen LogP contribution in [-0.4, -0.2) is 33.3 Å². The Morgan fingerprint density at radius 2 is 2.17 bits per heavy atom. The standard InChI is InChI=1S/C14H21NO3/c1-15-14(16)8-10-18-9-4-6-12-5-3-7-13(11-12)17-2/h3,5,7,11H,4,6,8-10H2,1-2H3,(H,15,16). The topological polar surface area (TPSA) is 47.6 Å². The molecule has 0 unspecified atom stereocenters. The number of nitrogens with one attached hydrogen (secondary N) is 1. The molecule has 0 aliphatic heterocycles. The zero-order valence-electron chi connectivity index (χ0n) is 11.1. The zero-order valence-corrected chi connectivity index (χ0v) is 11.1. The Balaban J connectivity index is 2.12. The highest BCUT2D eigenvalue weighted by atomic mass is 16.5. The van der Waals surface area contributed by atoms with Gasteiger partial charge in [-0.1, -0.05) is 12.1 Å². The van der Waals surface area contributed by atoms with Crippen molar-refractivity contribution in [2.45, 2.75) is 19.3 Å². The molecule has 1 rings (SSSR count). The summed E-state index contributed by atoms with van der Waals surface area (Å²) in [4.78, 5) is 10.9. The van der Waals surface area contributed by atoms with Crippen LogP contribution in [-0.2, 0) is 16.0 Å². The first kappa shape index (κ1) is 14.5. The Morgan fingerprint density at radius 3 is 2.89 bits per heavy atom. The van der Waals surface area contributed by atoms with Gasteiger partial charge >= 0.3 is 0 Å². The number of rotatable bonds is 8. The first-order valence-corrected chi connectivity index (χ1v) is 6.17. The molecule has 1 amide bonds. The lowest BCUT2D eigenvalue weighted by molar-refractivity contribution is -0.121. The first-order chi connectivity index (χ1) is 8.76. The second kappa shape index (κ2) is 8.53. The lowest BCUT2D eigenvalue weighted by Crippen LogP contribution is -2.19. The molecule has 0 aromatic heterocycles. The van der Waals surface area contributed by atoms with Crippen LogP contribution >= 0.6 is 0 Å². The number of methoxy groups -OCH3 is 1. The van der Waals surface area contributed by atoms with E-state index in [1.165, 1.54) is 5.56 Å². The van der Waals surface area contributed by atoms with Gasteiger partial charge in [-0.05, 0) is 30.5 Å². The van der Waals surface area contributed by atoms with Crippen molar-refractivity contribution >= 4 is 5.91 Å². The summed E-state index contributed by atoms with van der Waals surface area (Å²) >= 11 is 0. The molecule has 100 valence electrons. The maximum Gasteiger partial charge on any atom is 0.222 e. The van der Waals surface area contributed by atoms with Gasteiger partial charge in [-0.15, -0.1) is 0 Å². The summed E-state index contributed by atoms with van der Waals surface area (Å²) in [6.07, 6.45) is 2.33. The Labute approximate surface area is 108 Å². The van der Waals surface area contributed by atoms with Gasteiger partial charge in [0.15, 0.2) is 0 Å². The SMILES string of the molecule is CNC(=O)CCOCCCc1cccc(OC)c1. The maximum atomic E-state index is 10.9. The molecule has 1 N–H and O–H groups in total. The summed E-state index contributed by atoms with van der Waals surface area (Å²) in [7, 11) is 3.30. The Bertz CT molecular complexity index is 366. The number of ether oxygens (including phenoxy) is 2. The minimum absolute atomic E-state index is 0.0165. The van der Waals surface area contributed by atoms with Crippen LogP contribution in [0.4, 0.5) is 0 Å². The van der Waals surface area contributed by atoms with Gasteiger partial charge in [0.05, 0.1) is 13.7 Å². The third-order valence-corrected chi connectivity index (χ3v) is 2.64. The zero-order chi connectivity index (χ0) is 13.2. The average Bonchev–Trinajstić information content (AvgIpc) is 2.42. The van der Waals surface area contributed by atoms with E-state index in [4.69, 9.17) is 9.47 Å². The number of amides is 1. The van der Waals surface area contributed by atoms with E-state index < -0.39 is 0 Å². The second-order valence-electron chi connectivity index (χ2n) is 3.99. The molecule has 4 heteroatoms. The van der Waals surface area contributed by atoms with E-state index in [1.807, 2.05) is 18.2 Å². The van der Waals surface area contributed by atoms with Gasteiger partial charge in [-0.3, -0.25) is 4.79 Å². The Morgan fingerprint density at radius 1 is 1.33 bits per heavy atom. The monoisotopic (exact) mass is 251 g/mol. The number of hydrogen-bond donors (Lipinski definition) is 1. The van der Waals surface area contributed by atoms with E-state index in [2.05, 4.69) is 11.4 Å². The fourth-order valence-electron chi connectivity index (χ4n) is 1.60. The molecular weight excluding hydrogens is 230 g/mol. The van der Waals surface area contributed by atoms with Crippen LogP contribution < -0.4 is 10.1 Å². The summed E-state index contributed by atoms with van der Waals surface area (Å²) in [5.41, 5.74) is 1.24. The fraction of sp³-hybridized carbons (Fsp3) is 0.500. The minimum Gasteiger partial charge on any atom is -0.497 e. The van der Waals surface area contributed by atoms with Crippen molar-refractivity contribution in [3.63, 3.8) is 0 Å². The van der Waals surface area contributed by atoms with E-state index in [1.54, 1.807) is 14.2 Å². The summed E-state index contributed by atoms with van der Waals surface area (Å²) < 4.78 is 10.6. The number of hydrogen-bond acceptors (Lipinski definition) is 3. The molecule has 4 nitrogen and oxygen atoms in total. The van der Waals surface area contributed by atoms with Crippen LogP contribution in [0.25, 0.3) is 0 Å². The predicted octanol–water partition coefficient (Wildman–Crippen LogP) is 1.78. The van der Waals surface area contributed by atoms with E-state index in [-0.39, 0.29) is 5.91 Å². The third kappa shape index (κ3) is 5.68. The second-order valence-corrected chi connectivity index (χ2v) is 3.99. The molecule has 0 saturated heterocycles. The lowest BCUT2D eigenvalue weighted by Gasteiger charge is -2.05. The van der Waals surface area contributed by atoms with Crippen molar-refractivity contribution in [3.8, 4) is 5.75 Å². The number of carbonyl (C=O) groups is 1. The minimum atomic E-state index is 0.0165.